The predicted molar refractivity (Wildman–Crippen MR) is 95.3 cm³/mol. The van der Waals surface area contributed by atoms with Crippen molar-refractivity contribution in [3.05, 3.63) is 71.7 Å². The summed E-state index contributed by atoms with van der Waals surface area (Å²) in [6.45, 7) is 2.59. The van der Waals surface area contributed by atoms with Crippen molar-refractivity contribution in [2.45, 2.75) is 13.5 Å². The lowest BCUT2D eigenvalue weighted by Gasteiger charge is -2.19. The smallest absolute Gasteiger partial charge is 0.254 e. The molecule has 0 fully saturated rings. The van der Waals surface area contributed by atoms with E-state index in [0.717, 1.165) is 5.56 Å². The fourth-order valence-electron chi connectivity index (χ4n) is 2.69. The summed E-state index contributed by atoms with van der Waals surface area (Å²) in [5.41, 5.74) is 1.70. The van der Waals surface area contributed by atoms with Crippen LogP contribution in [0, 0.1) is 5.82 Å². The number of carbonyl (C=O) groups excluding carboxylic acids is 1. The third-order valence-electron chi connectivity index (χ3n) is 4.02. The predicted octanol–water partition coefficient (Wildman–Crippen LogP) is 4.15. The highest BCUT2D eigenvalue weighted by Crippen LogP contribution is 2.30. The molecule has 0 radical (unpaired) electrons. The highest BCUT2D eigenvalue weighted by atomic mass is 19.1. The third-order valence-corrected chi connectivity index (χ3v) is 4.02. The van der Waals surface area contributed by atoms with Gasteiger partial charge in [-0.2, -0.15) is 0 Å². The first-order valence-corrected chi connectivity index (χ1v) is 8.26. The van der Waals surface area contributed by atoms with Crippen LogP contribution < -0.4 is 4.74 Å². The minimum absolute atomic E-state index is 0.256. The molecule has 0 aliphatic carbocycles. The third kappa shape index (κ3) is 3.74. The number of amides is 1. The van der Waals surface area contributed by atoms with Crippen molar-refractivity contribution in [3.63, 3.8) is 0 Å². The highest BCUT2D eigenvalue weighted by Gasteiger charge is 2.18. The Balaban J connectivity index is 1.80. The zero-order valence-corrected chi connectivity index (χ0v) is 14.6. The van der Waals surface area contributed by atoms with Crippen molar-refractivity contribution < 1.29 is 18.4 Å². The number of ether oxygens (including phenoxy) is 1. The van der Waals surface area contributed by atoms with E-state index in [1.165, 1.54) is 18.2 Å². The molecule has 3 aromatic rings. The van der Waals surface area contributed by atoms with Gasteiger partial charge in [0.1, 0.15) is 17.3 Å². The average molecular weight is 354 g/mol. The van der Waals surface area contributed by atoms with Crippen molar-refractivity contribution in [2.75, 3.05) is 13.7 Å². The van der Waals surface area contributed by atoms with Crippen molar-refractivity contribution >= 4 is 5.91 Å². The molecule has 1 amide bonds. The van der Waals surface area contributed by atoms with Gasteiger partial charge in [-0.3, -0.25) is 4.79 Å². The molecule has 0 spiro atoms. The Hall–Kier alpha value is -3.15. The van der Waals surface area contributed by atoms with Crippen LogP contribution in [0.1, 0.15) is 23.0 Å². The summed E-state index contributed by atoms with van der Waals surface area (Å²) in [6, 6.07) is 14.9. The van der Waals surface area contributed by atoms with Crippen LogP contribution in [-0.2, 0) is 6.54 Å². The van der Waals surface area contributed by atoms with Crippen LogP contribution in [0.2, 0.25) is 0 Å². The van der Waals surface area contributed by atoms with Gasteiger partial charge in [0.25, 0.3) is 5.91 Å². The molecule has 0 atom stereocenters. The molecule has 5 nitrogen and oxygen atoms in total. The molecular weight excluding hydrogens is 335 g/mol. The maximum atomic E-state index is 13.4. The first-order chi connectivity index (χ1) is 12.6. The molecule has 0 N–H and O–H groups in total. The van der Waals surface area contributed by atoms with E-state index in [2.05, 4.69) is 5.16 Å². The second-order valence-corrected chi connectivity index (χ2v) is 5.71. The standard InChI is InChI=1S/C20H19FN2O3/c1-3-23(20(24)14-7-6-8-15(21)11-14)13-16-12-19(26-22-16)17-9-4-5-10-18(17)25-2/h4-12H,3,13H2,1-2H3. The molecule has 3 rings (SSSR count). The lowest BCUT2D eigenvalue weighted by Crippen LogP contribution is -2.30. The Morgan fingerprint density at radius 3 is 2.73 bits per heavy atom. The van der Waals surface area contributed by atoms with E-state index in [9.17, 15) is 9.18 Å². The fourth-order valence-corrected chi connectivity index (χ4v) is 2.69. The molecule has 6 heteroatoms. The van der Waals surface area contributed by atoms with E-state index in [1.54, 1.807) is 24.1 Å². The molecule has 0 saturated carbocycles. The van der Waals surface area contributed by atoms with E-state index in [0.29, 0.717) is 29.3 Å². The second-order valence-electron chi connectivity index (χ2n) is 5.71. The molecule has 0 aliphatic heterocycles. The topological polar surface area (TPSA) is 55.6 Å². The van der Waals surface area contributed by atoms with Gasteiger partial charge in [-0.15, -0.1) is 0 Å². The zero-order valence-electron chi connectivity index (χ0n) is 14.6. The number of benzene rings is 2. The van der Waals surface area contributed by atoms with Crippen LogP contribution in [0.5, 0.6) is 5.75 Å². The quantitative estimate of drug-likeness (QED) is 0.667. The maximum Gasteiger partial charge on any atom is 0.254 e. The van der Waals surface area contributed by atoms with Gasteiger partial charge in [-0.05, 0) is 37.3 Å². The Bertz CT molecular complexity index is 907. The van der Waals surface area contributed by atoms with Gasteiger partial charge in [0.05, 0.1) is 19.2 Å². The molecule has 0 bridgehead atoms. The van der Waals surface area contributed by atoms with Crippen LogP contribution in [0.3, 0.4) is 0 Å². The Morgan fingerprint density at radius 2 is 2.00 bits per heavy atom. The van der Waals surface area contributed by atoms with Crippen LogP contribution in [0.15, 0.2) is 59.1 Å². The number of para-hydroxylation sites is 1. The monoisotopic (exact) mass is 354 g/mol. The summed E-state index contributed by atoms with van der Waals surface area (Å²) in [5.74, 6) is 0.547. The number of hydrogen-bond acceptors (Lipinski definition) is 4. The first-order valence-electron chi connectivity index (χ1n) is 8.26. The van der Waals surface area contributed by atoms with Gasteiger partial charge in [-0.25, -0.2) is 4.39 Å². The number of hydrogen-bond donors (Lipinski definition) is 0. The summed E-state index contributed by atoms with van der Waals surface area (Å²) >= 11 is 0. The Kier molecular flexibility index (Phi) is 5.31. The van der Waals surface area contributed by atoms with E-state index in [1.807, 2.05) is 31.2 Å². The summed E-state index contributed by atoms with van der Waals surface area (Å²) in [4.78, 5) is 14.2. The van der Waals surface area contributed by atoms with Crippen molar-refractivity contribution in [2.24, 2.45) is 0 Å². The summed E-state index contributed by atoms with van der Waals surface area (Å²) < 4.78 is 24.1. The van der Waals surface area contributed by atoms with Gasteiger partial charge in [0, 0.05) is 18.2 Å². The average Bonchev–Trinajstić information content (AvgIpc) is 3.14. The maximum absolute atomic E-state index is 13.4. The van der Waals surface area contributed by atoms with Gasteiger partial charge in [-0.1, -0.05) is 23.4 Å². The number of carbonyl (C=O) groups is 1. The van der Waals surface area contributed by atoms with E-state index < -0.39 is 5.82 Å². The number of methoxy groups -OCH3 is 1. The summed E-state index contributed by atoms with van der Waals surface area (Å²) in [7, 11) is 1.59. The normalized spacial score (nSPS) is 10.6. The van der Waals surface area contributed by atoms with Crippen LogP contribution >= 0.6 is 0 Å². The lowest BCUT2D eigenvalue weighted by atomic mass is 10.1. The van der Waals surface area contributed by atoms with Crippen molar-refractivity contribution in [3.8, 4) is 17.1 Å². The molecule has 134 valence electrons. The number of nitrogens with zero attached hydrogens (tertiary/aromatic N) is 2. The lowest BCUT2D eigenvalue weighted by molar-refractivity contribution is 0.0748. The Labute approximate surface area is 151 Å². The van der Waals surface area contributed by atoms with Crippen LogP contribution in [-0.4, -0.2) is 29.6 Å². The molecule has 1 aromatic heterocycles. The van der Waals surface area contributed by atoms with Gasteiger partial charge < -0.3 is 14.2 Å². The minimum atomic E-state index is -0.438. The molecule has 0 aliphatic rings. The molecule has 1 heterocycles. The summed E-state index contributed by atoms with van der Waals surface area (Å²) in [5, 5.41) is 4.05. The van der Waals surface area contributed by atoms with E-state index in [4.69, 9.17) is 9.26 Å². The molecule has 2 aromatic carbocycles. The number of aromatic nitrogens is 1. The molecule has 0 unspecified atom stereocenters. The summed E-state index contributed by atoms with van der Waals surface area (Å²) in [6.07, 6.45) is 0. The Morgan fingerprint density at radius 1 is 1.19 bits per heavy atom. The minimum Gasteiger partial charge on any atom is -0.496 e. The van der Waals surface area contributed by atoms with Gasteiger partial charge in [0.15, 0.2) is 5.76 Å². The molecule has 0 saturated heterocycles. The first kappa shape index (κ1) is 17.7. The van der Waals surface area contributed by atoms with Crippen molar-refractivity contribution in [1.29, 1.82) is 0 Å². The number of rotatable bonds is 6. The molecular formula is C20H19FN2O3. The molecule has 26 heavy (non-hydrogen) atoms. The largest absolute Gasteiger partial charge is 0.496 e. The fraction of sp³-hybridized carbons (Fsp3) is 0.200. The highest BCUT2D eigenvalue weighted by molar-refractivity contribution is 5.94. The van der Waals surface area contributed by atoms with Gasteiger partial charge in [0.2, 0.25) is 0 Å². The van der Waals surface area contributed by atoms with Crippen molar-refractivity contribution in [1.82, 2.24) is 10.1 Å². The second kappa shape index (κ2) is 7.82. The van der Waals surface area contributed by atoms with E-state index in [-0.39, 0.29) is 12.5 Å². The van der Waals surface area contributed by atoms with Gasteiger partial charge >= 0.3 is 0 Å². The zero-order chi connectivity index (χ0) is 18.5. The van der Waals surface area contributed by atoms with E-state index >= 15 is 0 Å². The number of halogens is 1. The van der Waals surface area contributed by atoms with Crippen LogP contribution in [0.4, 0.5) is 4.39 Å². The van der Waals surface area contributed by atoms with Crippen LogP contribution in [0.25, 0.3) is 11.3 Å². The SMILES string of the molecule is CCN(Cc1cc(-c2ccccc2OC)on1)C(=O)c1cccc(F)c1.